The number of aliphatic carboxylic acids is 2. The van der Waals surface area contributed by atoms with E-state index in [1.807, 2.05) is 6.92 Å². The SMILES string of the molecule is CCCC1C(CN)OC(C(=O)O)CC1C(=O)O.Cl. The van der Waals surface area contributed by atoms with Crippen molar-refractivity contribution in [3.8, 4) is 0 Å². The van der Waals surface area contributed by atoms with Gasteiger partial charge in [-0.1, -0.05) is 13.3 Å². The van der Waals surface area contributed by atoms with Gasteiger partial charge in [0.15, 0.2) is 6.10 Å². The summed E-state index contributed by atoms with van der Waals surface area (Å²) in [7, 11) is 0. The van der Waals surface area contributed by atoms with Crippen LogP contribution in [-0.4, -0.2) is 40.9 Å². The highest BCUT2D eigenvalue weighted by Gasteiger charge is 2.43. The molecule has 18 heavy (non-hydrogen) atoms. The highest BCUT2D eigenvalue weighted by atomic mass is 35.5. The summed E-state index contributed by atoms with van der Waals surface area (Å²) in [5.74, 6) is -2.96. The molecule has 0 aliphatic carbocycles. The summed E-state index contributed by atoms with van der Waals surface area (Å²) in [5.41, 5.74) is 5.54. The Kier molecular flexibility index (Phi) is 7.20. The first-order valence-corrected chi connectivity index (χ1v) is 5.82. The smallest absolute Gasteiger partial charge is 0.332 e. The van der Waals surface area contributed by atoms with E-state index in [4.69, 9.17) is 20.7 Å². The Labute approximate surface area is 112 Å². The lowest BCUT2D eigenvalue weighted by molar-refractivity contribution is -0.176. The molecule has 0 aromatic carbocycles. The van der Waals surface area contributed by atoms with E-state index >= 15 is 0 Å². The van der Waals surface area contributed by atoms with Crippen LogP contribution in [0.5, 0.6) is 0 Å². The number of carboxylic acid groups (broad SMARTS) is 2. The first-order valence-electron chi connectivity index (χ1n) is 5.82. The van der Waals surface area contributed by atoms with Crippen molar-refractivity contribution in [3.63, 3.8) is 0 Å². The van der Waals surface area contributed by atoms with Gasteiger partial charge in [0.1, 0.15) is 0 Å². The van der Waals surface area contributed by atoms with Gasteiger partial charge in [-0.3, -0.25) is 4.79 Å². The first kappa shape index (κ1) is 17.2. The molecule has 0 aromatic heterocycles. The Bertz CT molecular complexity index is 299. The minimum atomic E-state index is -1.12. The Morgan fingerprint density at radius 1 is 1.33 bits per heavy atom. The van der Waals surface area contributed by atoms with E-state index < -0.39 is 30.1 Å². The van der Waals surface area contributed by atoms with Gasteiger partial charge in [0.2, 0.25) is 0 Å². The summed E-state index contributed by atoms with van der Waals surface area (Å²) in [6, 6.07) is 0. The lowest BCUT2D eigenvalue weighted by Gasteiger charge is -2.38. The fourth-order valence-corrected chi connectivity index (χ4v) is 2.43. The second kappa shape index (κ2) is 7.56. The van der Waals surface area contributed by atoms with E-state index in [0.717, 1.165) is 6.42 Å². The van der Waals surface area contributed by atoms with E-state index in [9.17, 15) is 9.59 Å². The zero-order valence-corrected chi connectivity index (χ0v) is 11.1. The van der Waals surface area contributed by atoms with Crippen molar-refractivity contribution in [1.29, 1.82) is 0 Å². The fraction of sp³-hybridized carbons (Fsp3) is 0.818. The van der Waals surface area contributed by atoms with Crippen LogP contribution in [0, 0.1) is 11.8 Å². The van der Waals surface area contributed by atoms with E-state index in [0.29, 0.717) is 6.42 Å². The molecule has 1 saturated heterocycles. The summed E-state index contributed by atoms with van der Waals surface area (Å²) < 4.78 is 5.35. The number of carbonyl (C=O) groups is 2. The number of halogens is 1. The number of carboxylic acids is 2. The molecule has 4 N–H and O–H groups in total. The van der Waals surface area contributed by atoms with Crippen LogP contribution in [0.4, 0.5) is 0 Å². The third-order valence-electron chi connectivity index (χ3n) is 3.25. The highest BCUT2D eigenvalue weighted by molar-refractivity contribution is 5.85. The van der Waals surface area contributed by atoms with Crippen molar-refractivity contribution < 1.29 is 24.5 Å². The second-order valence-corrected chi connectivity index (χ2v) is 4.37. The summed E-state index contributed by atoms with van der Waals surface area (Å²) in [6.45, 7) is 2.11. The average Bonchev–Trinajstić information content (AvgIpc) is 2.28. The number of rotatable bonds is 5. The van der Waals surface area contributed by atoms with E-state index in [2.05, 4.69) is 0 Å². The normalized spacial score (nSPS) is 31.4. The average molecular weight is 282 g/mol. The van der Waals surface area contributed by atoms with Gasteiger partial charge in [0, 0.05) is 6.54 Å². The summed E-state index contributed by atoms with van der Waals surface area (Å²) in [4.78, 5) is 22.1. The number of nitrogens with two attached hydrogens (primary N) is 1. The zero-order valence-electron chi connectivity index (χ0n) is 10.2. The minimum absolute atomic E-state index is 0. The zero-order chi connectivity index (χ0) is 13.0. The van der Waals surface area contributed by atoms with Crippen molar-refractivity contribution in [3.05, 3.63) is 0 Å². The van der Waals surface area contributed by atoms with Crippen LogP contribution >= 0.6 is 12.4 Å². The van der Waals surface area contributed by atoms with E-state index in [-0.39, 0.29) is 31.3 Å². The molecule has 4 unspecified atom stereocenters. The third kappa shape index (κ3) is 3.83. The summed E-state index contributed by atoms with van der Waals surface area (Å²) >= 11 is 0. The van der Waals surface area contributed by atoms with Crippen LogP contribution in [0.25, 0.3) is 0 Å². The molecule has 0 spiro atoms. The van der Waals surface area contributed by atoms with Gasteiger partial charge in [-0.25, -0.2) is 4.79 Å². The highest BCUT2D eigenvalue weighted by Crippen LogP contribution is 2.34. The van der Waals surface area contributed by atoms with Gasteiger partial charge in [-0.2, -0.15) is 0 Å². The van der Waals surface area contributed by atoms with Crippen molar-refractivity contribution in [2.24, 2.45) is 17.6 Å². The van der Waals surface area contributed by atoms with Gasteiger partial charge < -0.3 is 20.7 Å². The topological polar surface area (TPSA) is 110 Å². The molecule has 6 nitrogen and oxygen atoms in total. The molecule has 106 valence electrons. The Hall–Kier alpha value is -0.850. The maximum Gasteiger partial charge on any atom is 0.332 e. The monoisotopic (exact) mass is 281 g/mol. The Morgan fingerprint density at radius 2 is 1.94 bits per heavy atom. The van der Waals surface area contributed by atoms with Gasteiger partial charge in [0.05, 0.1) is 12.0 Å². The van der Waals surface area contributed by atoms with Gasteiger partial charge in [-0.15, -0.1) is 12.4 Å². The molecule has 1 heterocycles. The third-order valence-corrected chi connectivity index (χ3v) is 3.25. The van der Waals surface area contributed by atoms with Gasteiger partial charge >= 0.3 is 11.9 Å². The van der Waals surface area contributed by atoms with E-state index in [1.165, 1.54) is 0 Å². The van der Waals surface area contributed by atoms with E-state index in [1.54, 1.807) is 0 Å². The molecule has 7 heteroatoms. The Balaban J connectivity index is 0.00000289. The molecule has 1 aliphatic heterocycles. The largest absolute Gasteiger partial charge is 0.481 e. The molecule has 1 aliphatic rings. The number of hydrogen-bond donors (Lipinski definition) is 3. The lowest BCUT2D eigenvalue weighted by Crippen LogP contribution is -2.49. The van der Waals surface area contributed by atoms with Crippen molar-refractivity contribution in [2.75, 3.05) is 6.54 Å². The van der Waals surface area contributed by atoms with Gasteiger partial charge in [-0.05, 0) is 18.8 Å². The van der Waals surface area contributed by atoms with Crippen molar-refractivity contribution >= 4 is 24.3 Å². The Morgan fingerprint density at radius 3 is 2.33 bits per heavy atom. The molecule has 0 amide bonds. The predicted molar refractivity (Wildman–Crippen MR) is 66.7 cm³/mol. The predicted octanol–water partition coefficient (Wildman–Crippen LogP) is 0.726. The van der Waals surface area contributed by atoms with Crippen LogP contribution in [0.15, 0.2) is 0 Å². The van der Waals surface area contributed by atoms with Crippen LogP contribution in [0.2, 0.25) is 0 Å². The summed E-state index contributed by atoms with van der Waals surface area (Å²) in [6.07, 6.45) is -0.00748. The van der Waals surface area contributed by atoms with Gasteiger partial charge in [0.25, 0.3) is 0 Å². The fourth-order valence-electron chi connectivity index (χ4n) is 2.43. The van der Waals surface area contributed by atoms with Crippen LogP contribution in [-0.2, 0) is 14.3 Å². The molecule has 1 rings (SSSR count). The summed E-state index contributed by atoms with van der Waals surface area (Å²) in [5, 5.41) is 18.1. The number of ether oxygens (including phenoxy) is 1. The van der Waals surface area contributed by atoms with Crippen molar-refractivity contribution in [2.45, 2.75) is 38.4 Å². The van der Waals surface area contributed by atoms with Crippen molar-refractivity contribution in [1.82, 2.24) is 0 Å². The van der Waals surface area contributed by atoms with Crippen LogP contribution in [0.1, 0.15) is 26.2 Å². The number of hydrogen-bond acceptors (Lipinski definition) is 4. The second-order valence-electron chi connectivity index (χ2n) is 4.37. The van der Waals surface area contributed by atoms with Crippen LogP contribution < -0.4 is 5.73 Å². The molecule has 0 saturated carbocycles. The van der Waals surface area contributed by atoms with Crippen LogP contribution in [0.3, 0.4) is 0 Å². The molecular formula is C11H20ClNO5. The molecular weight excluding hydrogens is 262 g/mol. The molecule has 0 aromatic rings. The maximum absolute atomic E-state index is 11.2. The lowest BCUT2D eigenvalue weighted by atomic mass is 9.78. The first-order chi connectivity index (χ1) is 8.01. The molecule has 0 radical (unpaired) electrons. The quantitative estimate of drug-likeness (QED) is 0.685. The maximum atomic E-state index is 11.2. The minimum Gasteiger partial charge on any atom is -0.481 e. The molecule has 1 fully saturated rings. The molecule has 0 bridgehead atoms. The standard InChI is InChI=1S/C11H19NO5.ClH/c1-2-3-6-7(10(13)14)4-8(11(15)16)17-9(6)5-12;/h6-9H,2-5,12H2,1H3,(H,13,14)(H,15,16);1H. The molecule has 4 atom stereocenters.